The molecular weight excluding hydrogens is 146 g/mol. The molecular formula is C11H17N. The Balaban J connectivity index is 2.26. The van der Waals surface area contributed by atoms with Crippen molar-refractivity contribution in [1.82, 2.24) is 4.90 Å². The molecule has 0 unspecified atom stereocenters. The Morgan fingerprint density at radius 3 is 2.58 bits per heavy atom. The number of rotatable bonds is 3. The summed E-state index contributed by atoms with van der Waals surface area (Å²) >= 11 is 0. The van der Waals surface area contributed by atoms with Gasteiger partial charge in [-0.2, -0.15) is 0 Å². The second-order valence-corrected chi connectivity index (χ2v) is 3.32. The number of nitrogens with zero attached hydrogens (tertiary/aromatic N) is 1. The summed E-state index contributed by atoms with van der Waals surface area (Å²) < 4.78 is 0. The van der Waals surface area contributed by atoms with Gasteiger partial charge in [-0.3, -0.25) is 0 Å². The van der Waals surface area contributed by atoms with Crippen molar-refractivity contribution >= 4 is 0 Å². The van der Waals surface area contributed by atoms with Crippen LogP contribution in [-0.4, -0.2) is 18.0 Å². The monoisotopic (exact) mass is 163 g/mol. The van der Waals surface area contributed by atoms with Crippen LogP contribution in [0.4, 0.5) is 0 Å². The molecule has 1 aliphatic rings. The zero-order valence-corrected chi connectivity index (χ0v) is 7.68. The predicted molar refractivity (Wildman–Crippen MR) is 52.6 cm³/mol. The Hall–Kier alpha value is -0.900. The third-order valence-corrected chi connectivity index (χ3v) is 2.36. The first-order valence-corrected chi connectivity index (χ1v) is 4.71. The molecule has 1 nitrogen and oxygen atoms in total. The average Bonchev–Trinajstić information content (AvgIpc) is 2.15. The van der Waals surface area contributed by atoms with Crippen LogP contribution in [0.1, 0.15) is 32.1 Å². The standard InChI is InChI=1S/C11H17N/c1-3-4-8-11(2)12-9-6-5-7-10-12/h1H,2,4-10H2. The van der Waals surface area contributed by atoms with Crippen LogP contribution in [0, 0.1) is 12.3 Å². The van der Waals surface area contributed by atoms with E-state index >= 15 is 0 Å². The second kappa shape index (κ2) is 4.87. The maximum Gasteiger partial charge on any atom is 0.0174 e. The predicted octanol–water partition coefficient (Wildman–Crippen LogP) is 2.40. The summed E-state index contributed by atoms with van der Waals surface area (Å²) in [6.07, 6.45) is 11.0. The summed E-state index contributed by atoms with van der Waals surface area (Å²) in [5.41, 5.74) is 1.23. The lowest BCUT2D eigenvalue weighted by Gasteiger charge is -2.30. The van der Waals surface area contributed by atoms with Crippen LogP contribution in [0.2, 0.25) is 0 Å². The molecule has 0 aromatic heterocycles. The third-order valence-electron chi connectivity index (χ3n) is 2.36. The number of hydrogen-bond donors (Lipinski definition) is 0. The molecule has 0 amide bonds. The van der Waals surface area contributed by atoms with Crippen molar-refractivity contribution in [3.8, 4) is 12.3 Å². The van der Waals surface area contributed by atoms with Crippen LogP contribution in [0.15, 0.2) is 12.3 Å². The summed E-state index contributed by atoms with van der Waals surface area (Å²) in [5.74, 6) is 2.65. The zero-order valence-electron chi connectivity index (χ0n) is 7.68. The first kappa shape index (κ1) is 9.19. The summed E-state index contributed by atoms with van der Waals surface area (Å²) in [6.45, 7) is 6.41. The van der Waals surface area contributed by atoms with E-state index in [-0.39, 0.29) is 0 Å². The molecule has 0 aromatic rings. The van der Waals surface area contributed by atoms with Crippen LogP contribution < -0.4 is 0 Å². The van der Waals surface area contributed by atoms with Gasteiger partial charge in [0.1, 0.15) is 0 Å². The van der Waals surface area contributed by atoms with E-state index in [0.717, 1.165) is 12.8 Å². The molecule has 1 saturated heterocycles. The lowest BCUT2D eigenvalue weighted by atomic mass is 10.1. The minimum atomic E-state index is 0.829. The molecule has 0 atom stereocenters. The van der Waals surface area contributed by atoms with Crippen LogP contribution >= 0.6 is 0 Å². The molecule has 1 heteroatoms. The van der Waals surface area contributed by atoms with Gasteiger partial charge in [0.25, 0.3) is 0 Å². The van der Waals surface area contributed by atoms with Gasteiger partial charge in [0.15, 0.2) is 0 Å². The summed E-state index contributed by atoms with van der Waals surface area (Å²) in [4.78, 5) is 2.38. The number of terminal acetylenes is 1. The first-order valence-electron chi connectivity index (χ1n) is 4.71. The highest BCUT2D eigenvalue weighted by molar-refractivity contribution is 4.99. The van der Waals surface area contributed by atoms with E-state index in [1.165, 1.54) is 38.0 Å². The van der Waals surface area contributed by atoms with Gasteiger partial charge in [-0.25, -0.2) is 0 Å². The summed E-state index contributed by atoms with van der Waals surface area (Å²) in [7, 11) is 0. The van der Waals surface area contributed by atoms with Gasteiger partial charge in [0.2, 0.25) is 0 Å². The van der Waals surface area contributed by atoms with Gasteiger partial charge in [-0.05, 0) is 25.7 Å². The molecule has 0 saturated carbocycles. The van der Waals surface area contributed by atoms with E-state index in [4.69, 9.17) is 6.42 Å². The number of allylic oxidation sites excluding steroid dienone is 1. The molecule has 0 bridgehead atoms. The van der Waals surface area contributed by atoms with E-state index < -0.39 is 0 Å². The third kappa shape index (κ3) is 2.62. The molecule has 66 valence electrons. The molecule has 1 aliphatic heterocycles. The highest BCUT2D eigenvalue weighted by Crippen LogP contribution is 2.16. The highest BCUT2D eigenvalue weighted by Gasteiger charge is 2.10. The normalized spacial score (nSPS) is 17.1. The van der Waals surface area contributed by atoms with Crippen molar-refractivity contribution in [2.75, 3.05) is 13.1 Å². The smallest absolute Gasteiger partial charge is 0.0174 e. The van der Waals surface area contributed by atoms with Crippen LogP contribution in [0.5, 0.6) is 0 Å². The van der Waals surface area contributed by atoms with Gasteiger partial charge < -0.3 is 4.90 Å². The van der Waals surface area contributed by atoms with Crippen molar-refractivity contribution < 1.29 is 0 Å². The molecule has 0 spiro atoms. The van der Waals surface area contributed by atoms with Crippen molar-refractivity contribution in [1.29, 1.82) is 0 Å². The van der Waals surface area contributed by atoms with E-state index in [2.05, 4.69) is 17.4 Å². The molecule has 0 N–H and O–H groups in total. The molecule has 0 aliphatic carbocycles. The van der Waals surface area contributed by atoms with Crippen molar-refractivity contribution in [2.24, 2.45) is 0 Å². The topological polar surface area (TPSA) is 3.24 Å². The fourth-order valence-electron chi connectivity index (χ4n) is 1.58. The zero-order chi connectivity index (χ0) is 8.81. The lowest BCUT2D eigenvalue weighted by molar-refractivity contribution is 0.278. The minimum Gasteiger partial charge on any atom is -0.375 e. The fourth-order valence-corrected chi connectivity index (χ4v) is 1.58. The molecule has 1 rings (SSSR count). The number of hydrogen-bond acceptors (Lipinski definition) is 1. The Morgan fingerprint density at radius 2 is 2.00 bits per heavy atom. The van der Waals surface area contributed by atoms with E-state index in [9.17, 15) is 0 Å². The summed E-state index contributed by atoms with van der Waals surface area (Å²) in [6, 6.07) is 0. The van der Waals surface area contributed by atoms with Crippen LogP contribution in [0.3, 0.4) is 0 Å². The molecule has 0 aromatic carbocycles. The average molecular weight is 163 g/mol. The van der Waals surface area contributed by atoms with Gasteiger partial charge in [0, 0.05) is 25.2 Å². The number of piperidine rings is 1. The van der Waals surface area contributed by atoms with Crippen molar-refractivity contribution in [2.45, 2.75) is 32.1 Å². The lowest BCUT2D eigenvalue weighted by Crippen LogP contribution is -2.28. The Labute approximate surface area is 75.5 Å². The van der Waals surface area contributed by atoms with E-state index in [0.29, 0.717) is 0 Å². The van der Waals surface area contributed by atoms with E-state index in [1.807, 2.05) is 0 Å². The Kier molecular flexibility index (Phi) is 3.73. The second-order valence-electron chi connectivity index (χ2n) is 3.32. The van der Waals surface area contributed by atoms with Gasteiger partial charge in [-0.15, -0.1) is 12.3 Å². The molecule has 1 fully saturated rings. The van der Waals surface area contributed by atoms with Gasteiger partial charge in [-0.1, -0.05) is 6.58 Å². The first-order chi connectivity index (χ1) is 5.84. The Bertz CT molecular complexity index is 182. The maximum atomic E-state index is 5.20. The highest BCUT2D eigenvalue weighted by atomic mass is 15.1. The van der Waals surface area contributed by atoms with Gasteiger partial charge >= 0.3 is 0 Å². The minimum absolute atomic E-state index is 0.829. The number of likely N-dealkylation sites (tertiary alicyclic amines) is 1. The fraction of sp³-hybridized carbons (Fsp3) is 0.636. The summed E-state index contributed by atoms with van der Waals surface area (Å²) in [5, 5.41) is 0. The quantitative estimate of drug-likeness (QED) is 0.577. The van der Waals surface area contributed by atoms with E-state index in [1.54, 1.807) is 0 Å². The van der Waals surface area contributed by atoms with Gasteiger partial charge in [0.05, 0.1) is 0 Å². The largest absolute Gasteiger partial charge is 0.375 e. The van der Waals surface area contributed by atoms with Crippen LogP contribution in [-0.2, 0) is 0 Å². The molecule has 0 radical (unpaired) electrons. The molecule has 1 heterocycles. The SMILES string of the molecule is C#CCCC(=C)N1CCCCC1. The maximum absolute atomic E-state index is 5.20. The Morgan fingerprint density at radius 1 is 1.33 bits per heavy atom. The molecule has 12 heavy (non-hydrogen) atoms. The van der Waals surface area contributed by atoms with Crippen molar-refractivity contribution in [3.63, 3.8) is 0 Å². The van der Waals surface area contributed by atoms with Crippen molar-refractivity contribution in [3.05, 3.63) is 12.3 Å². The van der Waals surface area contributed by atoms with Crippen LogP contribution in [0.25, 0.3) is 0 Å².